The third-order valence-electron chi connectivity index (χ3n) is 3.94. The monoisotopic (exact) mass is 380 g/mol. The molecule has 3 aromatic rings. The first-order valence-corrected chi connectivity index (χ1v) is 9.48. The number of aromatic nitrogens is 3. The summed E-state index contributed by atoms with van der Waals surface area (Å²) in [6, 6.07) is 15.2. The van der Waals surface area contributed by atoms with Crippen molar-refractivity contribution in [2.45, 2.75) is 25.5 Å². The Bertz CT molecular complexity index is 933. The van der Waals surface area contributed by atoms with Gasteiger partial charge in [-0.25, -0.2) is 4.98 Å². The van der Waals surface area contributed by atoms with Crippen LogP contribution < -0.4 is 5.32 Å². The van der Waals surface area contributed by atoms with E-state index in [0.717, 1.165) is 11.1 Å². The van der Waals surface area contributed by atoms with Gasteiger partial charge in [-0.2, -0.15) is 0 Å². The molecule has 1 amide bonds. The van der Waals surface area contributed by atoms with Gasteiger partial charge in [0.25, 0.3) is 0 Å². The third-order valence-corrected chi connectivity index (χ3v) is 4.79. The number of carbonyl (C=O) groups excluding carboxylic acids is 2. The first kappa shape index (κ1) is 18.8. The van der Waals surface area contributed by atoms with Gasteiger partial charge in [0.1, 0.15) is 0 Å². The van der Waals surface area contributed by atoms with Crippen LogP contribution in [0.1, 0.15) is 28.4 Å². The van der Waals surface area contributed by atoms with Gasteiger partial charge in [-0.3, -0.25) is 14.7 Å². The van der Waals surface area contributed by atoms with Crippen LogP contribution in [0.15, 0.2) is 53.7 Å². The van der Waals surface area contributed by atoms with E-state index in [0.29, 0.717) is 23.1 Å². The van der Waals surface area contributed by atoms with Gasteiger partial charge in [-0.05, 0) is 12.5 Å². The summed E-state index contributed by atoms with van der Waals surface area (Å²) in [5.41, 5.74) is 3.72. The minimum atomic E-state index is -0.0805. The zero-order valence-electron chi connectivity index (χ0n) is 15.2. The van der Waals surface area contributed by atoms with Gasteiger partial charge in [-0.1, -0.05) is 65.9 Å². The molecular formula is C20H20N4O2S. The van der Waals surface area contributed by atoms with E-state index >= 15 is 0 Å². The van der Waals surface area contributed by atoms with Crippen LogP contribution in [0.4, 0.5) is 0 Å². The number of hydrogen-bond acceptors (Lipinski definition) is 5. The van der Waals surface area contributed by atoms with Gasteiger partial charge in [0.05, 0.1) is 5.75 Å². The molecule has 0 unspecified atom stereocenters. The lowest BCUT2D eigenvalue weighted by Crippen LogP contribution is -2.18. The number of carbonyl (C=O) groups is 2. The Morgan fingerprint density at radius 2 is 1.78 bits per heavy atom. The number of hydrogen-bond donors (Lipinski definition) is 2. The molecule has 3 rings (SSSR count). The van der Waals surface area contributed by atoms with Crippen molar-refractivity contribution >= 4 is 23.5 Å². The fourth-order valence-corrected chi connectivity index (χ4v) is 3.09. The molecule has 0 spiro atoms. The molecule has 0 saturated heterocycles. The first-order valence-electron chi connectivity index (χ1n) is 8.50. The molecule has 0 atom stereocenters. The van der Waals surface area contributed by atoms with Gasteiger partial charge in [0.15, 0.2) is 11.6 Å². The van der Waals surface area contributed by atoms with Crippen LogP contribution >= 0.6 is 11.8 Å². The Hall–Kier alpha value is -2.93. The summed E-state index contributed by atoms with van der Waals surface area (Å²) >= 11 is 1.30. The van der Waals surface area contributed by atoms with E-state index < -0.39 is 0 Å². The largest absolute Gasteiger partial charge is 0.352 e. The van der Waals surface area contributed by atoms with Crippen LogP contribution in [0.2, 0.25) is 0 Å². The molecule has 0 fully saturated rings. The fraction of sp³-hybridized carbons (Fsp3) is 0.200. The fourth-order valence-electron chi connectivity index (χ4n) is 2.40. The molecule has 0 aliphatic carbocycles. The normalized spacial score (nSPS) is 10.6. The van der Waals surface area contributed by atoms with E-state index in [1.54, 1.807) is 12.1 Å². The lowest BCUT2D eigenvalue weighted by Gasteiger charge is -2.04. The standard InChI is InChI=1S/C20H20N4O2S/c1-13-3-7-17(8-4-13)19-22-20(24-23-19)27-12-18(26)16-9-5-15(6-10-16)11-21-14(2)25/h3-10H,11-12H2,1-2H3,(H,21,25)(H,22,23,24). The summed E-state index contributed by atoms with van der Waals surface area (Å²) in [6.07, 6.45) is 0. The van der Waals surface area contributed by atoms with Crippen molar-refractivity contribution < 1.29 is 9.59 Å². The molecule has 1 aromatic heterocycles. The lowest BCUT2D eigenvalue weighted by atomic mass is 10.1. The summed E-state index contributed by atoms with van der Waals surface area (Å²) in [5, 5.41) is 10.3. The van der Waals surface area contributed by atoms with Crippen LogP contribution in [0.5, 0.6) is 0 Å². The van der Waals surface area contributed by atoms with Crippen molar-refractivity contribution in [3.63, 3.8) is 0 Å². The van der Waals surface area contributed by atoms with Gasteiger partial charge >= 0.3 is 0 Å². The number of thioether (sulfide) groups is 1. The van der Waals surface area contributed by atoms with Crippen molar-refractivity contribution in [3.8, 4) is 11.4 Å². The quantitative estimate of drug-likeness (QED) is 0.485. The number of amides is 1. The predicted octanol–water partition coefficient (Wildman–Crippen LogP) is 3.39. The number of rotatable bonds is 7. The Morgan fingerprint density at radius 3 is 2.44 bits per heavy atom. The number of ketones is 1. The molecule has 7 heteroatoms. The van der Waals surface area contributed by atoms with E-state index in [1.807, 2.05) is 43.3 Å². The van der Waals surface area contributed by atoms with E-state index in [2.05, 4.69) is 20.5 Å². The van der Waals surface area contributed by atoms with Crippen molar-refractivity contribution in [2.75, 3.05) is 5.75 Å². The Kier molecular flexibility index (Phi) is 6.03. The number of benzene rings is 2. The number of nitrogens with zero attached hydrogens (tertiary/aromatic N) is 2. The molecule has 138 valence electrons. The summed E-state index contributed by atoms with van der Waals surface area (Å²) in [7, 11) is 0. The van der Waals surface area contributed by atoms with E-state index in [1.165, 1.54) is 24.2 Å². The molecular weight excluding hydrogens is 360 g/mol. The minimum Gasteiger partial charge on any atom is -0.352 e. The van der Waals surface area contributed by atoms with Gasteiger partial charge in [0, 0.05) is 24.6 Å². The zero-order valence-corrected chi connectivity index (χ0v) is 16.0. The number of nitrogens with one attached hydrogen (secondary N) is 2. The summed E-state index contributed by atoms with van der Waals surface area (Å²) in [4.78, 5) is 27.7. The molecule has 0 aliphatic rings. The average molecular weight is 380 g/mol. The molecule has 0 bridgehead atoms. The highest BCUT2D eigenvalue weighted by molar-refractivity contribution is 7.99. The smallest absolute Gasteiger partial charge is 0.217 e. The zero-order chi connectivity index (χ0) is 19.2. The van der Waals surface area contributed by atoms with Crippen LogP contribution in [-0.4, -0.2) is 32.6 Å². The maximum absolute atomic E-state index is 12.4. The van der Waals surface area contributed by atoms with Gasteiger partial charge in [0.2, 0.25) is 11.1 Å². The van der Waals surface area contributed by atoms with Crippen LogP contribution in [0.3, 0.4) is 0 Å². The topological polar surface area (TPSA) is 87.7 Å². The highest BCUT2D eigenvalue weighted by atomic mass is 32.2. The average Bonchev–Trinajstić information content (AvgIpc) is 3.14. The minimum absolute atomic E-state index is 0.00719. The predicted molar refractivity (Wildman–Crippen MR) is 106 cm³/mol. The van der Waals surface area contributed by atoms with Crippen LogP contribution in [-0.2, 0) is 11.3 Å². The number of aryl methyl sites for hydroxylation is 1. The van der Waals surface area contributed by atoms with Gasteiger partial charge in [-0.15, -0.1) is 5.10 Å². The molecule has 27 heavy (non-hydrogen) atoms. The number of H-pyrrole nitrogens is 1. The Balaban J connectivity index is 1.56. The number of aromatic amines is 1. The van der Waals surface area contributed by atoms with Crippen LogP contribution in [0, 0.1) is 6.92 Å². The second kappa shape index (κ2) is 8.64. The highest BCUT2D eigenvalue weighted by Gasteiger charge is 2.11. The molecule has 0 saturated carbocycles. The molecule has 1 heterocycles. The first-order chi connectivity index (χ1) is 13.0. The van der Waals surface area contributed by atoms with E-state index in [-0.39, 0.29) is 17.4 Å². The van der Waals surface area contributed by atoms with E-state index in [4.69, 9.17) is 0 Å². The molecule has 0 aliphatic heterocycles. The highest BCUT2D eigenvalue weighted by Crippen LogP contribution is 2.20. The second-order valence-corrected chi connectivity index (χ2v) is 7.09. The summed E-state index contributed by atoms with van der Waals surface area (Å²) in [6.45, 7) is 3.96. The third kappa shape index (κ3) is 5.27. The maximum atomic E-state index is 12.4. The summed E-state index contributed by atoms with van der Waals surface area (Å²) in [5.74, 6) is 0.874. The Labute approximate surface area is 161 Å². The maximum Gasteiger partial charge on any atom is 0.217 e. The number of Topliss-reactive ketones (excluding diaryl/α,β-unsaturated/α-hetero) is 1. The molecule has 6 nitrogen and oxygen atoms in total. The second-order valence-electron chi connectivity index (χ2n) is 6.15. The molecule has 2 aromatic carbocycles. The van der Waals surface area contributed by atoms with Crippen molar-refractivity contribution in [1.29, 1.82) is 0 Å². The van der Waals surface area contributed by atoms with Crippen molar-refractivity contribution in [3.05, 3.63) is 65.2 Å². The van der Waals surface area contributed by atoms with Crippen molar-refractivity contribution in [2.24, 2.45) is 0 Å². The van der Waals surface area contributed by atoms with Crippen LogP contribution in [0.25, 0.3) is 11.4 Å². The van der Waals surface area contributed by atoms with Gasteiger partial charge < -0.3 is 5.32 Å². The molecule has 0 radical (unpaired) electrons. The molecule has 2 N–H and O–H groups in total. The Morgan fingerprint density at radius 1 is 1.07 bits per heavy atom. The lowest BCUT2D eigenvalue weighted by molar-refractivity contribution is -0.119. The summed E-state index contributed by atoms with van der Waals surface area (Å²) < 4.78 is 0. The SMILES string of the molecule is CC(=O)NCc1ccc(C(=O)CSc2n[nH]c(-c3ccc(C)cc3)n2)cc1. The van der Waals surface area contributed by atoms with Crippen molar-refractivity contribution in [1.82, 2.24) is 20.5 Å². The van der Waals surface area contributed by atoms with E-state index in [9.17, 15) is 9.59 Å².